The van der Waals surface area contributed by atoms with E-state index in [1.807, 2.05) is 121 Å². The van der Waals surface area contributed by atoms with Crippen molar-refractivity contribution in [2.75, 3.05) is 0 Å². The van der Waals surface area contributed by atoms with E-state index in [4.69, 9.17) is 46.4 Å². The van der Waals surface area contributed by atoms with Crippen LogP contribution in [0.2, 0.25) is 20.1 Å². The molecule has 4 aliphatic carbocycles. The van der Waals surface area contributed by atoms with Crippen LogP contribution in [0.3, 0.4) is 0 Å². The first kappa shape index (κ1) is 72.7. The summed E-state index contributed by atoms with van der Waals surface area (Å²) in [5, 5.41) is 3.07. The van der Waals surface area contributed by atoms with Crippen molar-refractivity contribution < 1.29 is 73.3 Å². The monoisotopic (exact) mass is 1400 g/mol. The predicted octanol–water partition coefficient (Wildman–Crippen LogP) is 16.1. The molecule has 0 radical (unpaired) electrons. The van der Waals surface area contributed by atoms with E-state index in [0.29, 0.717) is 0 Å². The summed E-state index contributed by atoms with van der Waals surface area (Å²) < 4.78 is 2.61. The molecule has 0 nitrogen and oxygen atoms in total. The second-order valence-electron chi connectivity index (χ2n) is 25.4. The van der Waals surface area contributed by atoms with Crippen molar-refractivity contribution in [3.8, 4) is 22.3 Å². The Morgan fingerprint density at radius 1 is 0.360 bits per heavy atom. The largest absolute Gasteiger partial charge is 1.00 e. The van der Waals surface area contributed by atoms with Crippen LogP contribution >= 0.6 is 46.4 Å². The molecule has 86 heavy (non-hydrogen) atoms. The minimum Gasteiger partial charge on any atom is -1.00 e. The fourth-order valence-corrected chi connectivity index (χ4v) is 11.6. The molecule has 0 heterocycles. The normalized spacial score (nSPS) is 12.7. The second kappa shape index (κ2) is 32.6. The van der Waals surface area contributed by atoms with E-state index < -0.39 is 0 Å². The average Bonchev–Trinajstić information content (AvgIpc) is 1.75. The van der Waals surface area contributed by atoms with Crippen LogP contribution in [0.1, 0.15) is 163 Å². The minimum atomic E-state index is 0. The van der Waals surface area contributed by atoms with Crippen LogP contribution in [-0.2, 0) is 83.0 Å². The van der Waals surface area contributed by atoms with Gasteiger partial charge in [-0.15, -0.1) is 24.0 Å². The fraction of sp³-hybridized carbons (Fsp3) is 0.256. The van der Waals surface area contributed by atoms with Crippen molar-refractivity contribution in [1.29, 1.82) is 0 Å². The van der Waals surface area contributed by atoms with E-state index in [-0.39, 0.29) is 46.5 Å². The van der Waals surface area contributed by atoms with Gasteiger partial charge < -0.3 is 24.8 Å². The maximum Gasteiger partial charge on any atom is -0.109 e. The molecule has 0 N–H and O–H groups in total. The molecule has 0 bridgehead atoms. The topological polar surface area (TPSA) is 0 Å². The Hall–Kier alpha value is -4.03. The summed E-state index contributed by atoms with van der Waals surface area (Å²) in [6, 6.07) is 61.8. The number of allylic oxidation sites excluding steroid dienone is 8. The Labute approximate surface area is 578 Å². The first-order valence-electron chi connectivity index (χ1n) is 28.7. The van der Waals surface area contributed by atoms with Crippen LogP contribution in [0, 0.1) is 24.3 Å². The summed E-state index contributed by atoms with van der Waals surface area (Å²) >= 11 is 26.2. The van der Waals surface area contributed by atoms with Crippen LogP contribution in [0.5, 0.6) is 0 Å². The molecule has 8 aromatic carbocycles. The molecular weight excluding hydrogens is 1330 g/mol. The molecule has 0 amide bonds. The van der Waals surface area contributed by atoms with Gasteiger partial charge in [-0.1, -0.05) is 153 Å². The van der Waals surface area contributed by atoms with Crippen molar-refractivity contribution >= 4 is 52.8 Å². The minimum absolute atomic E-state index is 0. The number of rotatable bonds is 4. The summed E-state index contributed by atoms with van der Waals surface area (Å²) in [6.45, 7) is 27.3. The van der Waals surface area contributed by atoms with Crippen LogP contribution in [0.15, 0.2) is 194 Å². The SMILES string of the molecule is CC(C)(C)c1c[c-]c2c(c1)-c1cc(C(C)(C)C)ccc1C2.CC(C)(C)c1c[c-]c2c(c1)-c1cc(C(C)(C)C)ccc1C2.Clc1ccc([C](=[Zr+2])c2ccc(Cl)cc2)cc1.Clc1ccc([C](=[Zr+2])c2ccc(Cl)cc2)cc1.[C-]1=CC=CC1.[C-]1=CC=CC1.[Cl-].[Cl-]. The average molecular weight is 1410 g/mol. The Balaban J connectivity index is 0.000000198. The van der Waals surface area contributed by atoms with Crippen molar-refractivity contribution in [3.63, 3.8) is 0 Å². The van der Waals surface area contributed by atoms with Crippen LogP contribution in [-0.4, -0.2) is 6.41 Å². The van der Waals surface area contributed by atoms with Gasteiger partial charge in [0.1, 0.15) is 0 Å². The fourth-order valence-electron chi connectivity index (χ4n) is 9.45. The smallest absolute Gasteiger partial charge is 0.109 e. The predicted molar refractivity (Wildman–Crippen MR) is 357 cm³/mol. The summed E-state index contributed by atoms with van der Waals surface area (Å²) in [5.74, 6) is 0. The van der Waals surface area contributed by atoms with Crippen molar-refractivity contribution in [3.05, 3.63) is 305 Å². The number of hydrogen-bond acceptors (Lipinski definition) is 0. The van der Waals surface area contributed by atoms with Gasteiger partial charge in [0.05, 0.1) is 0 Å². The summed E-state index contributed by atoms with van der Waals surface area (Å²) in [7, 11) is 0. The van der Waals surface area contributed by atoms with Gasteiger partial charge in [-0.25, -0.2) is 24.3 Å². The second-order valence-corrected chi connectivity index (χ2v) is 29.6. The zero-order valence-electron chi connectivity index (χ0n) is 51.6. The van der Waals surface area contributed by atoms with Crippen LogP contribution < -0.4 is 24.8 Å². The van der Waals surface area contributed by atoms with Gasteiger partial charge in [0.25, 0.3) is 0 Å². The molecule has 8 aromatic rings. The Morgan fingerprint density at radius 3 is 0.849 bits per heavy atom. The molecule has 440 valence electrons. The van der Waals surface area contributed by atoms with Gasteiger partial charge in [0.15, 0.2) is 0 Å². The number of benzene rings is 8. The molecule has 8 heteroatoms. The van der Waals surface area contributed by atoms with Gasteiger partial charge in [0, 0.05) is 0 Å². The van der Waals surface area contributed by atoms with Crippen molar-refractivity contribution in [2.24, 2.45) is 0 Å². The van der Waals surface area contributed by atoms with Crippen molar-refractivity contribution in [1.82, 2.24) is 0 Å². The zero-order chi connectivity index (χ0) is 61.0. The van der Waals surface area contributed by atoms with Gasteiger partial charge in [-0.05, 0) is 34.8 Å². The molecule has 0 saturated carbocycles. The molecule has 0 unspecified atom stereocenters. The molecule has 0 spiro atoms. The third-order valence-corrected chi connectivity index (χ3v) is 18.6. The first-order valence-corrected chi connectivity index (χ1v) is 32.6. The third-order valence-electron chi connectivity index (χ3n) is 14.8. The number of fused-ring (bicyclic) bond motifs is 6. The maximum atomic E-state index is 5.86. The quantitative estimate of drug-likeness (QED) is 0.154. The molecule has 0 aliphatic heterocycles. The Kier molecular flexibility index (Phi) is 27.6. The molecule has 0 aromatic heterocycles. The summed E-state index contributed by atoms with van der Waals surface area (Å²) in [4.78, 5) is 0. The van der Waals surface area contributed by atoms with E-state index in [1.54, 1.807) is 0 Å². The van der Waals surface area contributed by atoms with Gasteiger partial charge in [-0.2, -0.15) is 70.8 Å². The molecule has 0 fully saturated rings. The van der Waals surface area contributed by atoms with Crippen molar-refractivity contribution in [2.45, 2.75) is 130 Å². The van der Waals surface area contributed by atoms with E-state index in [2.05, 4.69) is 180 Å². The van der Waals surface area contributed by atoms with E-state index >= 15 is 0 Å². The van der Waals surface area contributed by atoms with Crippen LogP contribution in [0.25, 0.3) is 22.3 Å². The summed E-state index contributed by atoms with van der Waals surface area (Å²) in [6.07, 6.45) is 22.1. The number of hydrogen-bond donors (Lipinski definition) is 0. The molecular formula is C78H76Cl6Zr2-2. The van der Waals surface area contributed by atoms with Gasteiger partial charge in [0.2, 0.25) is 0 Å². The Morgan fingerprint density at radius 2 is 0.628 bits per heavy atom. The van der Waals surface area contributed by atoms with E-state index in [9.17, 15) is 0 Å². The third kappa shape index (κ3) is 21.0. The van der Waals surface area contributed by atoms with Crippen LogP contribution in [0.4, 0.5) is 0 Å². The van der Waals surface area contributed by atoms with Gasteiger partial charge in [-0.3, -0.25) is 12.2 Å². The van der Waals surface area contributed by atoms with E-state index in [0.717, 1.165) is 45.8 Å². The van der Waals surface area contributed by atoms with E-state index in [1.165, 1.54) is 144 Å². The molecule has 12 rings (SSSR count). The molecule has 0 saturated heterocycles. The van der Waals surface area contributed by atoms with Gasteiger partial charge >= 0.3 is 241 Å². The zero-order valence-corrected chi connectivity index (χ0v) is 61.0. The number of halogens is 6. The molecule has 4 aliphatic rings. The standard InChI is InChI=1S/2C21H25.2C13H8Cl2.2C5H5.2ClH.2Zr/c2*1-20(2,3)16-9-7-14-11-15-8-10-17(21(4,5)6)13-19(15)18(14)12-16;2*14-12-5-1-10(2-6-12)9-11-3-7-13(15)8-4-11;2*1-2-4-5-3-1;;;;/h2*7,9-10,12-13H,11H2,1-6H3;2*1-8H;2*1-3H,4H2;2*1H;;/q2*-1;;;2*-1;;;2*+2/p-2. The molecule has 0 atom stereocenters. The maximum absolute atomic E-state index is 5.86. The summed E-state index contributed by atoms with van der Waals surface area (Å²) in [5.41, 5.74) is 22.4. The first-order chi connectivity index (χ1) is 39.6. The Bertz CT molecular complexity index is 3200.